The van der Waals surface area contributed by atoms with E-state index in [0.717, 1.165) is 46.9 Å². The largest absolute Gasteiger partial charge is 0.206 e. The Balaban J connectivity index is 1.29. The third-order valence-electron chi connectivity index (χ3n) is 8.72. The number of aryl methyl sites for hydroxylation is 1. The third-order valence-corrected chi connectivity index (χ3v) is 8.72. The molecular weight excluding hydrogens is 391 g/mol. The summed E-state index contributed by atoms with van der Waals surface area (Å²) < 4.78 is 15.0. The Hall–Kier alpha value is -1.63. The van der Waals surface area contributed by atoms with Crippen molar-refractivity contribution in [1.29, 1.82) is 0 Å². The van der Waals surface area contributed by atoms with Crippen LogP contribution in [0.5, 0.6) is 0 Å². The molecule has 1 heteroatoms. The minimum atomic E-state index is -0.0183. The van der Waals surface area contributed by atoms with Crippen molar-refractivity contribution < 1.29 is 4.39 Å². The second-order valence-electron chi connectivity index (χ2n) is 10.7. The van der Waals surface area contributed by atoms with Crippen LogP contribution in [0.4, 0.5) is 4.39 Å². The number of fused-ring (bicyclic) bond motifs is 1. The van der Waals surface area contributed by atoms with Crippen LogP contribution in [0.3, 0.4) is 0 Å². The zero-order valence-electron chi connectivity index (χ0n) is 20.4. The lowest BCUT2D eigenvalue weighted by atomic mass is 9.74. The van der Waals surface area contributed by atoms with Crippen LogP contribution in [0.25, 0.3) is 10.8 Å². The van der Waals surface area contributed by atoms with Gasteiger partial charge in [0, 0.05) is 5.39 Å². The molecule has 4 rings (SSSR count). The molecule has 0 aromatic heterocycles. The summed E-state index contributed by atoms with van der Waals surface area (Å²) in [5.41, 5.74) is 2.27. The predicted molar refractivity (Wildman–Crippen MR) is 137 cm³/mol. The van der Waals surface area contributed by atoms with Gasteiger partial charge in [0.25, 0.3) is 0 Å². The van der Waals surface area contributed by atoms with Crippen molar-refractivity contribution in [2.24, 2.45) is 17.8 Å². The van der Waals surface area contributed by atoms with Gasteiger partial charge in [0.05, 0.1) is 0 Å². The third kappa shape index (κ3) is 5.83. The molecule has 0 N–H and O–H groups in total. The van der Waals surface area contributed by atoms with Crippen LogP contribution in [0, 0.1) is 23.6 Å². The van der Waals surface area contributed by atoms with E-state index in [0.29, 0.717) is 5.92 Å². The van der Waals surface area contributed by atoms with E-state index in [1.54, 1.807) is 0 Å². The summed E-state index contributed by atoms with van der Waals surface area (Å²) in [6.07, 6.45) is 21.4. The average molecular weight is 435 g/mol. The molecule has 2 saturated carbocycles. The van der Waals surface area contributed by atoms with E-state index in [9.17, 15) is 4.39 Å². The van der Waals surface area contributed by atoms with Crippen molar-refractivity contribution in [2.45, 2.75) is 103 Å². The molecule has 0 amide bonds. The van der Waals surface area contributed by atoms with Crippen LogP contribution in [-0.2, 0) is 6.42 Å². The van der Waals surface area contributed by atoms with Crippen LogP contribution >= 0.6 is 0 Å². The summed E-state index contributed by atoms with van der Waals surface area (Å²) in [4.78, 5) is 0. The predicted octanol–water partition coefficient (Wildman–Crippen LogP) is 9.76. The Morgan fingerprint density at radius 2 is 1.50 bits per heavy atom. The Morgan fingerprint density at radius 1 is 0.844 bits per heavy atom. The number of allylic oxidation sites excluding steroid dienone is 2. The van der Waals surface area contributed by atoms with Crippen molar-refractivity contribution in [2.75, 3.05) is 0 Å². The minimum Gasteiger partial charge on any atom is -0.206 e. The van der Waals surface area contributed by atoms with Gasteiger partial charge in [-0.3, -0.25) is 0 Å². The molecular formula is C31H43F. The average Bonchev–Trinajstić information content (AvgIpc) is 2.85. The van der Waals surface area contributed by atoms with Gasteiger partial charge < -0.3 is 0 Å². The summed E-state index contributed by atoms with van der Waals surface area (Å²) in [6.45, 7) is 4.38. The second-order valence-corrected chi connectivity index (χ2v) is 10.7. The van der Waals surface area contributed by atoms with Gasteiger partial charge in [0.1, 0.15) is 5.82 Å². The van der Waals surface area contributed by atoms with Gasteiger partial charge in [-0.2, -0.15) is 0 Å². The first-order valence-corrected chi connectivity index (χ1v) is 13.5. The van der Waals surface area contributed by atoms with E-state index in [2.05, 4.69) is 31.2 Å². The lowest BCUT2D eigenvalue weighted by molar-refractivity contribution is 0.227. The fourth-order valence-corrected chi connectivity index (χ4v) is 6.39. The Kier molecular flexibility index (Phi) is 8.44. The van der Waals surface area contributed by atoms with Gasteiger partial charge in [-0.25, -0.2) is 4.39 Å². The highest BCUT2D eigenvalue weighted by molar-refractivity contribution is 5.84. The molecule has 2 fully saturated rings. The van der Waals surface area contributed by atoms with Gasteiger partial charge in [-0.15, -0.1) is 0 Å². The van der Waals surface area contributed by atoms with Crippen molar-refractivity contribution in [3.8, 4) is 0 Å². The maximum atomic E-state index is 15.0. The summed E-state index contributed by atoms with van der Waals surface area (Å²) in [5, 5.41) is 1.86. The van der Waals surface area contributed by atoms with Crippen LogP contribution < -0.4 is 0 Å². The van der Waals surface area contributed by atoms with Gasteiger partial charge in [0.15, 0.2) is 0 Å². The van der Waals surface area contributed by atoms with Crippen LogP contribution in [0.2, 0.25) is 0 Å². The van der Waals surface area contributed by atoms with Gasteiger partial charge in [0.2, 0.25) is 0 Å². The molecule has 2 aliphatic rings. The number of benzene rings is 2. The molecule has 0 saturated heterocycles. The number of halogens is 1. The molecule has 2 aromatic rings. The molecule has 0 heterocycles. The second kappa shape index (κ2) is 11.5. The molecule has 0 unspecified atom stereocenters. The molecule has 0 spiro atoms. The molecule has 0 nitrogen and oxygen atoms in total. The maximum absolute atomic E-state index is 15.0. The Labute approximate surface area is 195 Å². The van der Waals surface area contributed by atoms with E-state index >= 15 is 0 Å². The molecule has 0 atom stereocenters. The molecule has 32 heavy (non-hydrogen) atoms. The fraction of sp³-hybridized carbons (Fsp3) is 0.613. The van der Waals surface area contributed by atoms with Crippen molar-refractivity contribution >= 4 is 10.8 Å². The highest BCUT2D eigenvalue weighted by Crippen LogP contribution is 2.40. The van der Waals surface area contributed by atoms with Crippen LogP contribution in [-0.4, -0.2) is 0 Å². The van der Waals surface area contributed by atoms with Crippen molar-refractivity contribution in [1.82, 2.24) is 0 Å². The highest BCUT2D eigenvalue weighted by atomic mass is 19.1. The van der Waals surface area contributed by atoms with Crippen molar-refractivity contribution in [3.63, 3.8) is 0 Å². The number of hydrogen-bond donors (Lipinski definition) is 0. The Morgan fingerprint density at radius 3 is 2.16 bits per heavy atom. The normalized spacial score (nSPS) is 26.7. The van der Waals surface area contributed by atoms with Gasteiger partial charge in [-0.05, 0) is 85.6 Å². The first kappa shape index (κ1) is 23.5. The lowest BCUT2D eigenvalue weighted by Gasteiger charge is -2.32. The minimum absolute atomic E-state index is 0.0183. The van der Waals surface area contributed by atoms with E-state index in [4.69, 9.17) is 0 Å². The van der Waals surface area contributed by atoms with Gasteiger partial charge >= 0.3 is 0 Å². The maximum Gasteiger partial charge on any atom is 0.134 e. The molecule has 174 valence electrons. The summed E-state index contributed by atoms with van der Waals surface area (Å²) in [5.74, 6) is 3.60. The van der Waals surface area contributed by atoms with Gasteiger partial charge in [-0.1, -0.05) is 94.4 Å². The first-order valence-electron chi connectivity index (χ1n) is 13.5. The van der Waals surface area contributed by atoms with Crippen LogP contribution in [0.15, 0.2) is 42.5 Å². The monoisotopic (exact) mass is 434 g/mol. The standard InChI is InChI=1S/C31H43F/c1-3-5-6-7-27-18-19-29-22-28(20-21-30(29)31(27)32)26-16-14-25(15-17-26)13-12-24-10-8-23(4-2)9-11-24/h3,5,18-26H,4,6-17H2,1-2H3/b5-3+. The molecule has 0 aliphatic heterocycles. The first-order chi connectivity index (χ1) is 15.7. The Bertz CT molecular complexity index is 879. The number of rotatable bonds is 8. The van der Waals surface area contributed by atoms with E-state index < -0.39 is 0 Å². The summed E-state index contributed by atoms with van der Waals surface area (Å²) in [7, 11) is 0. The molecule has 2 aliphatic carbocycles. The lowest BCUT2D eigenvalue weighted by Crippen LogP contribution is -2.17. The zero-order chi connectivity index (χ0) is 22.3. The SMILES string of the molecule is C/C=C/CCc1ccc2cc(C3CCC(CCC4CCC(CC)CC4)CC3)ccc2c1F. The molecule has 0 radical (unpaired) electrons. The summed E-state index contributed by atoms with van der Waals surface area (Å²) in [6, 6.07) is 10.6. The fourth-order valence-electron chi connectivity index (χ4n) is 6.39. The zero-order valence-corrected chi connectivity index (χ0v) is 20.4. The highest BCUT2D eigenvalue weighted by Gasteiger charge is 2.25. The molecule has 0 bridgehead atoms. The molecule has 2 aromatic carbocycles. The van der Waals surface area contributed by atoms with Crippen LogP contribution in [0.1, 0.15) is 108 Å². The van der Waals surface area contributed by atoms with E-state index in [1.165, 1.54) is 76.2 Å². The quantitative estimate of drug-likeness (QED) is 0.363. The van der Waals surface area contributed by atoms with Crippen molar-refractivity contribution in [3.05, 3.63) is 59.4 Å². The smallest absolute Gasteiger partial charge is 0.134 e. The topological polar surface area (TPSA) is 0 Å². The number of hydrogen-bond acceptors (Lipinski definition) is 0. The summed E-state index contributed by atoms with van der Waals surface area (Å²) >= 11 is 0. The van der Waals surface area contributed by atoms with E-state index in [-0.39, 0.29) is 5.82 Å². The van der Waals surface area contributed by atoms with E-state index in [1.807, 2.05) is 25.1 Å².